The second kappa shape index (κ2) is 8.92. The van der Waals surface area contributed by atoms with Crippen LogP contribution in [-0.4, -0.2) is 27.0 Å². The highest BCUT2D eigenvalue weighted by atomic mass is 32.2. The zero-order valence-corrected chi connectivity index (χ0v) is 17.2. The SMILES string of the molecule is CC(C)N(C(=O)COc1ccc(S(=O)(=O)c2ccccc2)cc1)c1ccccc1. The van der Waals surface area contributed by atoms with Crippen molar-refractivity contribution >= 4 is 21.4 Å². The molecule has 29 heavy (non-hydrogen) atoms. The number of amides is 1. The van der Waals surface area contributed by atoms with Crippen molar-refractivity contribution in [2.45, 2.75) is 29.7 Å². The Labute approximate surface area is 171 Å². The number of ether oxygens (including phenoxy) is 1. The zero-order valence-electron chi connectivity index (χ0n) is 16.4. The van der Waals surface area contributed by atoms with E-state index >= 15 is 0 Å². The van der Waals surface area contributed by atoms with Crippen LogP contribution in [0.5, 0.6) is 5.75 Å². The van der Waals surface area contributed by atoms with Crippen molar-refractivity contribution in [2.75, 3.05) is 11.5 Å². The van der Waals surface area contributed by atoms with Crippen LogP contribution in [0, 0.1) is 0 Å². The highest BCUT2D eigenvalue weighted by Gasteiger charge is 2.20. The molecule has 5 nitrogen and oxygen atoms in total. The molecule has 0 fully saturated rings. The lowest BCUT2D eigenvalue weighted by molar-refractivity contribution is -0.120. The molecule has 0 radical (unpaired) electrons. The number of benzene rings is 3. The molecule has 3 aromatic carbocycles. The summed E-state index contributed by atoms with van der Waals surface area (Å²) in [7, 11) is -3.58. The van der Waals surface area contributed by atoms with Crippen LogP contribution in [0.25, 0.3) is 0 Å². The standard InChI is InChI=1S/C23H23NO4S/c1-18(2)24(19-9-5-3-6-10-19)23(25)17-28-20-13-15-22(16-14-20)29(26,27)21-11-7-4-8-12-21/h3-16,18H,17H2,1-2H3. The van der Waals surface area contributed by atoms with E-state index in [9.17, 15) is 13.2 Å². The van der Waals surface area contributed by atoms with Gasteiger partial charge in [-0.2, -0.15) is 0 Å². The van der Waals surface area contributed by atoms with Crippen molar-refractivity contribution in [1.29, 1.82) is 0 Å². The summed E-state index contributed by atoms with van der Waals surface area (Å²) < 4.78 is 30.9. The van der Waals surface area contributed by atoms with Gasteiger partial charge in [-0.1, -0.05) is 36.4 Å². The Bertz CT molecular complexity index is 1050. The molecule has 0 bridgehead atoms. The Hall–Kier alpha value is -3.12. The number of carbonyl (C=O) groups excluding carboxylic acids is 1. The van der Waals surface area contributed by atoms with Gasteiger partial charge < -0.3 is 9.64 Å². The molecule has 0 atom stereocenters. The van der Waals surface area contributed by atoms with E-state index in [2.05, 4.69) is 0 Å². The summed E-state index contributed by atoms with van der Waals surface area (Å²) in [6.45, 7) is 3.74. The number of rotatable bonds is 7. The molecule has 3 rings (SSSR count). The third-order valence-corrected chi connectivity index (χ3v) is 6.15. The third-order valence-electron chi connectivity index (χ3n) is 4.37. The Morgan fingerprint density at radius 1 is 0.828 bits per heavy atom. The fourth-order valence-electron chi connectivity index (χ4n) is 2.98. The normalized spacial score (nSPS) is 11.3. The van der Waals surface area contributed by atoms with Crippen LogP contribution in [0.4, 0.5) is 5.69 Å². The molecule has 0 saturated carbocycles. The lowest BCUT2D eigenvalue weighted by Gasteiger charge is -2.26. The molecule has 0 heterocycles. The van der Waals surface area contributed by atoms with Crippen molar-refractivity contribution in [3.8, 4) is 5.75 Å². The first-order valence-corrected chi connectivity index (χ1v) is 10.8. The van der Waals surface area contributed by atoms with Gasteiger partial charge in [-0.25, -0.2) is 8.42 Å². The van der Waals surface area contributed by atoms with Crippen LogP contribution < -0.4 is 9.64 Å². The smallest absolute Gasteiger partial charge is 0.265 e. The van der Waals surface area contributed by atoms with Crippen molar-refractivity contribution in [2.24, 2.45) is 0 Å². The van der Waals surface area contributed by atoms with Gasteiger partial charge in [-0.3, -0.25) is 4.79 Å². The van der Waals surface area contributed by atoms with Crippen LogP contribution in [0.15, 0.2) is 94.7 Å². The maximum atomic E-state index is 12.7. The molecule has 1 amide bonds. The average molecular weight is 410 g/mol. The van der Waals surface area contributed by atoms with Gasteiger partial charge in [0.1, 0.15) is 5.75 Å². The van der Waals surface area contributed by atoms with Gasteiger partial charge >= 0.3 is 0 Å². The van der Waals surface area contributed by atoms with Gasteiger partial charge in [0.05, 0.1) is 9.79 Å². The molecule has 0 unspecified atom stereocenters. The molecule has 0 spiro atoms. The van der Waals surface area contributed by atoms with Crippen LogP contribution in [0.2, 0.25) is 0 Å². The number of anilines is 1. The zero-order chi connectivity index (χ0) is 20.9. The number of carbonyl (C=O) groups is 1. The van der Waals surface area contributed by atoms with E-state index in [4.69, 9.17) is 4.74 Å². The van der Waals surface area contributed by atoms with Gasteiger partial charge in [0.2, 0.25) is 9.84 Å². The maximum Gasteiger partial charge on any atom is 0.265 e. The minimum atomic E-state index is -3.58. The van der Waals surface area contributed by atoms with E-state index in [0.29, 0.717) is 5.75 Å². The van der Waals surface area contributed by atoms with E-state index in [1.54, 1.807) is 47.4 Å². The van der Waals surface area contributed by atoms with Crippen LogP contribution >= 0.6 is 0 Å². The number of para-hydroxylation sites is 1. The number of sulfone groups is 1. The molecule has 150 valence electrons. The van der Waals surface area contributed by atoms with E-state index in [1.165, 1.54) is 12.1 Å². The Morgan fingerprint density at radius 3 is 1.90 bits per heavy atom. The topological polar surface area (TPSA) is 63.7 Å². The van der Waals surface area contributed by atoms with Crippen LogP contribution in [-0.2, 0) is 14.6 Å². The highest BCUT2D eigenvalue weighted by Crippen LogP contribution is 2.23. The number of hydrogen-bond acceptors (Lipinski definition) is 4. The predicted molar refractivity (Wildman–Crippen MR) is 113 cm³/mol. The van der Waals surface area contributed by atoms with Crippen molar-refractivity contribution in [3.63, 3.8) is 0 Å². The summed E-state index contributed by atoms with van der Waals surface area (Å²) in [5.41, 5.74) is 0.806. The monoisotopic (exact) mass is 409 g/mol. The molecule has 0 aromatic heterocycles. The van der Waals surface area contributed by atoms with E-state index in [-0.39, 0.29) is 28.3 Å². The van der Waals surface area contributed by atoms with Gasteiger partial charge in [0.15, 0.2) is 6.61 Å². The summed E-state index contributed by atoms with van der Waals surface area (Å²) in [6.07, 6.45) is 0. The quantitative estimate of drug-likeness (QED) is 0.582. The molecule has 0 N–H and O–H groups in total. The first-order chi connectivity index (χ1) is 13.9. The molecule has 0 aliphatic carbocycles. The van der Waals surface area contributed by atoms with Crippen molar-refractivity contribution < 1.29 is 17.9 Å². The van der Waals surface area contributed by atoms with E-state index < -0.39 is 9.84 Å². The maximum absolute atomic E-state index is 12.7. The van der Waals surface area contributed by atoms with Gasteiger partial charge in [0.25, 0.3) is 5.91 Å². The van der Waals surface area contributed by atoms with E-state index in [1.807, 2.05) is 44.2 Å². The fraction of sp³-hybridized carbons (Fsp3) is 0.174. The summed E-state index contributed by atoms with van der Waals surface area (Å²) in [5.74, 6) is 0.259. The number of nitrogens with zero attached hydrogens (tertiary/aromatic N) is 1. The largest absolute Gasteiger partial charge is 0.484 e. The van der Waals surface area contributed by atoms with Gasteiger partial charge in [-0.15, -0.1) is 0 Å². The van der Waals surface area contributed by atoms with Crippen molar-refractivity contribution in [1.82, 2.24) is 0 Å². The molecule has 6 heteroatoms. The lowest BCUT2D eigenvalue weighted by atomic mass is 10.2. The Kier molecular flexibility index (Phi) is 6.34. The molecule has 0 aliphatic rings. The van der Waals surface area contributed by atoms with Crippen LogP contribution in [0.3, 0.4) is 0 Å². The predicted octanol–water partition coefficient (Wildman–Crippen LogP) is 4.34. The molecule has 0 aliphatic heterocycles. The summed E-state index contributed by atoms with van der Waals surface area (Å²) in [6, 6.07) is 23.7. The minimum absolute atomic E-state index is 0.0214. The molecule has 0 saturated heterocycles. The Balaban J connectivity index is 1.69. The molecule has 3 aromatic rings. The van der Waals surface area contributed by atoms with Gasteiger partial charge in [0, 0.05) is 11.7 Å². The van der Waals surface area contributed by atoms with E-state index in [0.717, 1.165) is 5.69 Å². The molecular formula is C23H23NO4S. The molecular weight excluding hydrogens is 386 g/mol. The third kappa shape index (κ3) is 4.84. The summed E-state index contributed by atoms with van der Waals surface area (Å²) in [4.78, 5) is 14.8. The average Bonchev–Trinajstić information content (AvgIpc) is 2.74. The second-order valence-corrected chi connectivity index (χ2v) is 8.72. The number of hydrogen-bond donors (Lipinski definition) is 0. The summed E-state index contributed by atoms with van der Waals surface area (Å²) in [5, 5.41) is 0. The second-order valence-electron chi connectivity index (χ2n) is 6.77. The van der Waals surface area contributed by atoms with Gasteiger partial charge in [-0.05, 0) is 62.4 Å². The summed E-state index contributed by atoms with van der Waals surface area (Å²) >= 11 is 0. The fourth-order valence-corrected chi connectivity index (χ4v) is 4.27. The highest BCUT2D eigenvalue weighted by molar-refractivity contribution is 7.91. The first-order valence-electron chi connectivity index (χ1n) is 9.29. The first kappa shape index (κ1) is 20.6. The minimum Gasteiger partial charge on any atom is -0.484 e. The Morgan fingerprint density at radius 2 is 1.34 bits per heavy atom. The van der Waals surface area contributed by atoms with Crippen molar-refractivity contribution in [3.05, 3.63) is 84.9 Å². The lowest BCUT2D eigenvalue weighted by Crippen LogP contribution is -2.40. The van der Waals surface area contributed by atoms with Crippen LogP contribution in [0.1, 0.15) is 13.8 Å².